The highest BCUT2D eigenvalue weighted by Gasteiger charge is 2.41. The van der Waals surface area contributed by atoms with Gasteiger partial charge in [0.1, 0.15) is 12.1 Å². The predicted octanol–water partition coefficient (Wildman–Crippen LogP) is 3.67. The van der Waals surface area contributed by atoms with Gasteiger partial charge < -0.3 is 15.5 Å². The third-order valence-corrected chi connectivity index (χ3v) is 6.98. The third kappa shape index (κ3) is 5.99. The highest BCUT2D eigenvalue weighted by atomic mass is 32.1. The number of rotatable bonds is 7. The molecule has 1 aliphatic rings. The molecule has 7 nitrogen and oxygen atoms in total. The van der Waals surface area contributed by atoms with E-state index in [2.05, 4.69) is 15.6 Å². The van der Waals surface area contributed by atoms with Crippen molar-refractivity contribution < 1.29 is 14.4 Å². The van der Waals surface area contributed by atoms with Crippen molar-refractivity contribution in [3.8, 4) is 10.4 Å². The molecule has 3 rings (SSSR count). The molecule has 1 saturated heterocycles. The van der Waals surface area contributed by atoms with Gasteiger partial charge in [-0.3, -0.25) is 14.4 Å². The molecule has 1 fully saturated rings. The summed E-state index contributed by atoms with van der Waals surface area (Å²) in [6, 6.07) is 6.90. The molecular weight excluding hydrogens is 436 g/mol. The summed E-state index contributed by atoms with van der Waals surface area (Å²) >= 11 is 1.61. The van der Waals surface area contributed by atoms with Gasteiger partial charge in [-0.15, -0.1) is 11.3 Å². The lowest BCUT2D eigenvalue weighted by Gasteiger charge is -2.35. The Balaban J connectivity index is 1.63. The summed E-state index contributed by atoms with van der Waals surface area (Å²) in [5, 5.41) is 5.85. The molecule has 3 amide bonds. The Hall–Kier alpha value is -2.74. The van der Waals surface area contributed by atoms with Crippen LogP contribution in [0.2, 0.25) is 0 Å². The smallest absolute Gasteiger partial charge is 0.246 e. The van der Waals surface area contributed by atoms with Gasteiger partial charge in [0.15, 0.2) is 0 Å². The minimum Gasteiger partial charge on any atom is -0.350 e. The van der Waals surface area contributed by atoms with Crippen molar-refractivity contribution in [2.24, 2.45) is 5.41 Å². The van der Waals surface area contributed by atoms with Crippen LogP contribution in [-0.4, -0.2) is 46.2 Å². The predicted molar refractivity (Wildman–Crippen MR) is 131 cm³/mol. The number of nitrogens with one attached hydrogen (secondary N) is 2. The van der Waals surface area contributed by atoms with E-state index in [1.165, 1.54) is 0 Å². The van der Waals surface area contributed by atoms with Gasteiger partial charge in [-0.25, -0.2) is 4.98 Å². The quantitative estimate of drug-likeness (QED) is 0.646. The fourth-order valence-electron chi connectivity index (χ4n) is 4.04. The molecule has 8 heteroatoms. The normalized spacial score (nSPS) is 17.0. The molecule has 0 aliphatic carbocycles. The summed E-state index contributed by atoms with van der Waals surface area (Å²) in [6.45, 7) is 10.4. The number of nitrogens with zero attached hydrogens (tertiary/aromatic N) is 2. The van der Waals surface area contributed by atoms with Crippen molar-refractivity contribution in [3.05, 3.63) is 41.0 Å². The van der Waals surface area contributed by atoms with Crippen molar-refractivity contribution in [2.75, 3.05) is 6.54 Å². The van der Waals surface area contributed by atoms with E-state index in [0.717, 1.165) is 28.1 Å². The summed E-state index contributed by atoms with van der Waals surface area (Å²) in [5.41, 5.74) is 4.50. The van der Waals surface area contributed by atoms with Crippen molar-refractivity contribution in [1.82, 2.24) is 20.5 Å². The maximum atomic E-state index is 13.3. The number of aromatic nitrogens is 1. The Kier molecular flexibility index (Phi) is 7.89. The minimum absolute atomic E-state index is 0.155. The van der Waals surface area contributed by atoms with Crippen LogP contribution in [0.1, 0.15) is 58.2 Å². The minimum atomic E-state index is -0.666. The summed E-state index contributed by atoms with van der Waals surface area (Å²) in [5.74, 6) is -0.510. The van der Waals surface area contributed by atoms with E-state index in [1.807, 2.05) is 57.5 Å². The second-order valence-corrected chi connectivity index (χ2v) is 10.4. The van der Waals surface area contributed by atoms with Crippen LogP contribution < -0.4 is 10.6 Å². The molecule has 0 radical (unpaired) electrons. The topological polar surface area (TPSA) is 91.4 Å². The Bertz CT molecular complexity index is 994. The molecule has 2 heterocycles. The highest BCUT2D eigenvalue weighted by molar-refractivity contribution is 7.13. The van der Waals surface area contributed by atoms with Gasteiger partial charge in [-0.2, -0.15) is 0 Å². The molecule has 2 unspecified atom stereocenters. The maximum absolute atomic E-state index is 13.3. The zero-order chi connectivity index (χ0) is 24.2. The highest BCUT2D eigenvalue weighted by Crippen LogP contribution is 2.28. The van der Waals surface area contributed by atoms with Gasteiger partial charge in [0.05, 0.1) is 16.1 Å². The number of hydrogen-bond donors (Lipinski definition) is 2. The monoisotopic (exact) mass is 470 g/mol. The summed E-state index contributed by atoms with van der Waals surface area (Å²) in [6.07, 6.45) is 1.70. The number of carbonyl (C=O) groups is 3. The molecule has 1 aromatic carbocycles. The van der Waals surface area contributed by atoms with Gasteiger partial charge in [0, 0.05) is 19.5 Å². The molecule has 33 heavy (non-hydrogen) atoms. The van der Waals surface area contributed by atoms with Crippen LogP contribution in [0, 0.1) is 12.3 Å². The van der Waals surface area contributed by atoms with E-state index in [-0.39, 0.29) is 17.7 Å². The number of carbonyl (C=O) groups excluding carboxylic acids is 3. The average molecular weight is 471 g/mol. The van der Waals surface area contributed by atoms with Gasteiger partial charge in [-0.1, -0.05) is 52.0 Å². The van der Waals surface area contributed by atoms with Crippen molar-refractivity contribution >= 4 is 29.1 Å². The van der Waals surface area contributed by atoms with Gasteiger partial charge >= 0.3 is 0 Å². The van der Waals surface area contributed by atoms with Gasteiger partial charge in [0.25, 0.3) is 0 Å². The number of amides is 3. The number of hydrogen-bond acceptors (Lipinski definition) is 5. The van der Waals surface area contributed by atoms with Crippen LogP contribution in [0.25, 0.3) is 10.4 Å². The van der Waals surface area contributed by atoms with Crippen LogP contribution in [-0.2, 0) is 20.9 Å². The molecule has 0 saturated carbocycles. The summed E-state index contributed by atoms with van der Waals surface area (Å²) in [7, 11) is 0. The van der Waals surface area contributed by atoms with E-state index in [0.29, 0.717) is 25.9 Å². The summed E-state index contributed by atoms with van der Waals surface area (Å²) in [4.78, 5) is 45.4. The van der Waals surface area contributed by atoms with Crippen molar-refractivity contribution in [1.29, 1.82) is 0 Å². The van der Waals surface area contributed by atoms with E-state index < -0.39 is 17.5 Å². The van der Waals surface area contributed by atoms with Crippen LogP contribution in [0.15, 0.2) is 29.8 Å². The molecule has 2 N–H and O–H groups in total. The SMILES string of the molecule is CCC(=O)NC(C(=O)N1CCCC1C(=O)NCc1ccc(-c2scnc2C)cc1)C(C)(C)C. The fraction of sp³-hybridized carbons (Fsp3) is 0.520. The van der Waals surface area contributed by atoms with Crippen LogP contribution >= 0.6 is 11.3 Å². The Morgan fingerprint density at radius 1 is 1.21 bits per heavy atom. The zero-order valence-corrected chi connectivity index (χ0v) is 20.9. The number of likely N-dealkylation sites (tertiary alicyclic amines) is 1. The Labute approximate surface area is 200 Å². The lowest BCUT2D eigenvalue weighted by atomic mass is 9.85. The number of aryl methyl sites for hydroxylation is 1. The molecule has 1 aliphatic heterocycles. The molecule has 0 spiro atoms. The van der Waals surface area contributed by atoms with Crippen molar-refractivity contribution in [3.63, 3.8) is 0 Å². The van der Waals surface area contributed by atoms with Crippen LogP contribution in [0.3, 0.4) is 0 Å². The lowest BCUT2D eigenvalue weighted by molar-refractivity contribution is -0.143. The summed E-state index contributed by atoms with van der Waals surface area (Å²) < 4.78 is 0. The second kappa shape index (κ2) is 10.5. The Morgan fingerprint density at radius 2 is 1.91 bits per heavy atom. The standard InChI is InChI=1S/C25H34N4O3S/c1-6-20(30)28-22(25(3,4)5)24(32)29-13-7-8-19(29)23(31)26-14-17-9-11-18(12-10-17)21-16(2)27-15-33-21/h9-12,15,19,22H,6-8,13-14H2,1-5H3,(H,26,31)(H,28,30). The van der Waals surface area contributed by atoms with Gasteiger partial charge in [-0.05, 0) is 36.3 Å². The van der Waals surface area contributed by atoms with Crippen LogP contribution in [0.5, 0.6) is 0 Å². The van der Waals surface area contributed by atoms with E-state index in [4.69, 9.17) is 0 Å². The average Bonchev–Trinajstić information content (AvgIpc) is 3.44. The first-order valence-corrected chi connectivity index (χ1v) is 12.4. The third-order valence-electron chi connectivity index (χ3n) is 6.01. The lowest BCUT2D eigenvalue weighted by Crippen LogP contribution is -2.57. The molecule has 2 aromatic rings. The second-order valence-electron chi connectivity index (χ2n) is 9.59. The van der Waals surface area contributed by atoms with E-state index in [9.17, 15) is 14.4 Å². The van der Waals surface area contributed by atoms with E-state index in [1.54, 1.807) is 23.2 Å². The largest absolute Gasteiger partial charge is 0.350 e. The molecular formula is C25H34N4O3S. The first-order valence-electron chi connectivity index (χ1n) is 11.5. The first-order chi connectivity index (χ1) is 15.6. The fourth-order valence-corrected chi connectivity index (χ4v) is 4.85. The van der Waals surface area contributed by atoms with Crippen molar-refractivity contribution in [2.45, 2.75) is 72.5 Å². The molecule has 178 valence electrons. The number of thiazole rings is 1. The molecule has 1 aromatic heterocycles. The molecule has 0 bridgehead atoms. The maximum Gasteiger partial charge on any atom is 0.246 e. The zero-order valence-electron chi connectivity index (χ0n) is 20.1. The number of benzene rings is 1. The van der Waals surface area contributed by atoms with Gasteiger partial charge in [0.2, 0.25) is 17.7 Å². The molecule has 2 atom stereocenters. The van der Waals surface area contributed by atoms with Crippen LogP contribution in [0.4, 0.5) is 0 Å². The first kappa shape index (κ1) is 24.9. The Morgan fingerprint density at radius 3 is 2.48 bits per heavy atom. The van der Waals surface area contributed by atoms with E-state index >= 15 is 0 Å².